The summed E-state index contributed by atoms with van der Waals surface area (Å²) in [5.41, 5.74) is 4.17. The van der Waals surface area contributed by atoms with Crippen LogP contribution in [0.4, 0.5) is 0 Å². The van der Waals surface area contributed by atoms with E-state index in [0.717, 1.165) is 42.3 Å². The van der Waals surface area contributed by atoms with E-state index in [-0.39, 0.29) is 0 Å². The third kappa shape index (κ3) is 4.50. The number of nitrogens with zero attached hydrogens (tertiary/aromatic N) is 4. The molecule has 2 aromatic carbocycles. The number of hydrogen-bond acceptors (Lipinski definition) is 6. The van der Waals surface area contributed by atoms with Crippen molar-refractivity contribution in [2.24, 2.45) is 0 Å². The van der Waals surface area contributed by atoms with Crippen LogP contribution in [0.15, 0.2) is 48.5 Å². The summed E-state index contributed by atoms with van der Waals surface area (Å²) in [7, 11) is 0. The molecule has 0 bridgehead atoms. The lowest BCUT2D eigenvalue weighted by Crippen LogP contribution is -1.81. The predicted octanol–water partition coefficient (Wildman–Crippen LogP) is 4.47. The molecule has 0 atom stereocenters. The van der Waals surface area contributed by atoms with Gasteiger partial charge in [0, 0.05) is 11.1 Å². The van der Waals surface area contributed by atoms with Crippen molar-refractivity contribution in [2.45, 2.75) is 13.8 Å². The molecule has 0 amide bonds. The fourth-order valence-corrected chi connectivity index (χ4v) is 3.53. The smallest absolute Gasteiger partial charge is 0.143 e. The van der Waals surface area contributed by atoms with Gasteiger partial charge in [-0.25, -0.2) is 0 Å². The standard InChI is InChI=1S/C22H14N4S2/c1-15-23-25-21(27-15)13-7-17-3-9-19(10-4-17)20-11-5-18(6-12-20)8-14-22-26-24-16(2)28-22/h3-6,9-12H,1-2H3. The van der Waals surface area contributed by atoms with Gasteiger partial charge in [-0.3, -0.25) is 0 Å². The zero-order valence-electron chi connectivity index (χ0n) is 15.2. The van der Waals surface area contributed by atoms with E-state index in [0.29, 0.717) is 0 Å². The monoisotopic (exact) mass is 398 g/mol. The second kappa shape index (κ2) is 8.14. The maximum atomic E-state index is 4.02. The van der Waals surface area contributed by atoms with E-state index in [9.17, 15) is 0 Å². The van der Waals surface area contributed by atoms with Gasteiger partial charge < -0.3 is 0 Å². The van der Waals surface area contributed by atoms with Crippen LogP contribution in [0.25, 0.3) is 11.1 Å². The summed E-state index contributed by atoms with van der Waals surface area (Å²) in [5, 5.41) is 19.3. The highest BCUT2D eigenvalue weighted by atomic mass is 32.1. The average Bonchev–Trinajstić information content (AvgIpc) is 3.33. The minimum atomic E-state index is 0.738. The number of benzene rings is 2. The second-order valence-corrected chi connectivity index (χ2v) is 8.27. The Hall–Kier alpha value is -3.32. The normalized spacial score (nSPS) is 9.93. The van der Waals surface area contributed by atoms with Crippen LogP contribution in [0.1, 0.15) is 31.2 Å². The molecule has 0 spiro atoms. The van der Waals surface area contributed by atoms with Gasteiger partial charge in [-0.15, -0.1) is 20.4 Å². The van der Waals surface area contributed by atoms with Gasteiger partial charge in [0.25, 0.3) is 0 Å². The average molecular weight is 399 g/mol. The van der Waals surface area contributed by atoms with Gasteiger partial charge in [0.05, 0.1) is 0 Å². The van der Waals surface area contributed by atoms with Crippen molar-refractivity contribution in [1.82, 2.24) is 20.4 Å². The maximum Gasteiger partial charge on any atom is 0.191 e. The fourth-order valence-electron chi connectivity index (χ4n) is 2.44. The van der Waals surface area contributed by atoms with Gasteiger partial charge >= 0.3 is 0 Å². The van der Waals surface area contributed by atoms with Crippen molar-refractivity contribution in [1.29, 1.82) is 0 Å². The summed E-state index contributed by atoms with van der Waals surface area (Å²) in [4.78, 5) is 0. The molecule has 4 nitrogen and oxygen atoms in total. The molecule has 0 radical (unpaired) electrons. The van der Waals surface area contributed by atoms with Crippen LogP contribution in [0.2, 0.25) is 0 Å². The third-order valence-electron chi connectivity index (χ3n) is 3.78. The molecule has 134 valence electrons. The van der Waals surface area contributed by atoms with Crippen LogP contribution in [0.5, 0.6) is 0 Å². The molecule has 2 heterocycles. The van der Waals surface area contributed by atoms with Gasteiger partial charge in [0.2, 0.25) is 0 Å². The number of aryl methyl sites for hydroxylation is 2. The molecule has 0 saturated heterocycles. The van der Waals surface area contributed by atoms with E-state index in [1.807, 2.05) is 38.1 Å². The van der Waals surface area contributed by atoms with Crippen molar-refractivity contribution in [2.75, 3.05) is 0 Å². The quantitative estimate of drug-likeness (QED) is 0.444. The van der Waals surface area contributed by atoms with Crippen molar-refractivity contribution in [3.63, 3.8) is 0 Å². The first-order chi connectivity index (χ1) is 13.7. The molecular weight excluding hydrogens is 384 g/mol. The Morgan fingerprint density at radius 1 is 0.536 bits per heavy atom. The first kappa shape index (κ1) is 18.1. The molecule has 0 unspecified atom stereocenters. The molecule has 0 N–H and O–H groups in total. The summed E-state index contributed by atoms with van der Waals surface area (Å²) in [6.45, 7) is 3.84. The molecule has 0 fully saturated rings. The first-order valence-electron chi connectivity index (χ1n) is 8.50. The second-order valence-electron chi connectivity index (χ2n) is 5.91. The largest absolute Gasteiger partial charge is 0.191 e. The predicted molar refractivity (Wildman–Crippen MR) is 113 cm³/mol. The molecule has 0 aliphatic carbocycles. The van der Waals surface area contributed by atoms with Crippen molar-refractivity contribution in [3.05, 3.63) is 79.7 Å². The van der Waals surface area contributed by atoms with Crippen LogP contribution >= 0.6 is 22.7 Å². The van der Waals surface area contributed by atoms with Gasteiger partial charge in [0.15, 0.2) is 10.0 Å². The SMILES string of the molecule is Cc1nnc(C#Cc2ccc(-c3ccc(C#Cc4nnc(C)s4)cc3)cc2)s1. The molecule has 28 heavy (non-hydrogen) atoms. The van der Waals surface area contributed by atoms with Gasteiger partial charge in [-0.05, 0) is 61.1 Å². The van der Waals surface area contributed by atoms with Crippen LogP contribution in [-0.4, -0.2) is 20.4 Å². The maximum absolute atomic E-state index is 4.02. The molecule has 6 heteroatoms. The van der Waals surface area contributed by atoms with Gasteiger partial charge in [-0.1, -0.05) is 58.8 Å². The van der Waals surface area contributed by atoms with Gasteiger partial charge in [-0.2, -0.15) is 0 Å². The Kier molecular flexibility index (Phi) is 5.25. The van der Waals surface area contributed by atoms with E-state index >= 15 is 0 Å². The van der Waals surface area contributed by atoms with E-state index in [4.69, 9.17) is 0 Å². The third-order valence-corrected chi connectivity index (χ3v) is 5.29. The van der Waals surface area contributed by atoms with E-state index in [2.05, 4.69) is 68.3 Å². The Balaban J connectivity index is 1.47. The molecule has 0 saturated carbocycles. The molecule has 2 aromatic heterocycles. The van der Waals surface area contributed by atoms with E-state index in [1.54, 1.807) is 0 Å². The molecule has 0 aliphatic heterocycles. The summed E-state index contributed by atoms with van der Waals surface area (Å²) in [6, 6.07) is 16.3. The minimum Gasteiger partial charge on any atom is -0.143 e. The summed E-state index contributed by atoms with van der Waals surface area (Å²) in [5.74, 6) is 12.3. The lowest BCUT2D eigenvalue weighted by atomic mass is 10.0. The van der Waals surface area contributed by atoms with Crippen LogP contribution in [-0.2, 0) is 0 Å². The van der Waals surface area contributed by atoms with Crippen LogP contribution < -0.4 is 0 Å². The highest BCUT2D eigenvalue weighted by Gasteiger charge is 1.99. The van der Waals surface area contributed by atoms with Crippen molar-refractivity contribution >= 4 is 22.7 Å². The number of rotatable bonds is 1. The van der Waals surface area contributed by atoms with Crippen molar-refractivity contribution < 1.29 is 0 Å². The van der Waals surface area contributed by atoms with Crippen molar-refractivity contribution in [3.8, 4) is 34.8 Å². The van der Waals surface area contributed by atoms with Crippen LogP contribution in [0, 0.1) is 37.5 Å². The highest BCUT2D eigenvalue weighted by Crippen LogP contribution is 2.20. The topological polar surface area (TPSA) is 51.6 Å². The highest BCUT2D eigenvalue weighted by molar-refractivity contribution is 7.12. The Morgan fingerprint density at radius 3 is 1.25 bits per heavy atom. The molecular formula is C22H14N4S2. The lowest BCUT2D eigenvalue weighted by molar-refractivity contribution is 1.04. The molecule has 4 aromatic rings. The zero-order chi connectivity index (χ0) is 19.3. The van der Waals surface area contributed by atoms with E-state index in [1.165, 1.54) is 22.7 Å². The molecule has 0 aliphatic rings. The number of hydrogen-bond donors (Lipinski definition) is 0. The zero-order valence-corrected chi connectivity index (χ0v) is 16.9. The Morgan fingerprint density at radius 2 is 0.929 bits per heavy atom. The fraction of sp³-hybridized carbons (Fsp3) is 0.0909. The first-order valence-corrected chi connectivity index (χ1v) is 10.1. The Bertz CT molecular complexity index is 1130. The lowest BCUT2D eigenvalue weighted by Gasteiger charge is -2.02. The summed E-state index contributed by atoms with van der Waals surface area (Å²) < 4.78 is 0. The summed E-state index contributed by atoms with van der Waals surface area (Å²) >= 11 is 3.00. The molecule has 4 rings (SSSR count). The summed E-state index contributed by atoms with van der Waals surface area (Å²) in [6.07, 6.45) is 0. The van der Waals surface area contributed by atoms with E-state index < -0.39 is 0 Å². The van der Waals surface area contributed by atoms with Crippen LogP contribution in [0.3, 0.4) is 0 Å². The van der Waals surface area contributed by atoms with Gasteiger partial charge in [0.1, 0.15) is 10.0 Å². The minimum absolute atomic E-state index is 0.738. The Labute approximate surface area is 171 Å². The number of aromatic nitrogens is 4.